The molecule has 0 aliphatic carbocycles. The van der Waals surface area contributed by atoms with Crippen LogP contribution in [-0.2, 0) is 14.8 Å². The maximum atomic E-state index is 12.4. The summed E-state index contributed by atoms with van der Waals surface area (Å²) in [5.74, 6) is -0.830. The molecule has 1 aromatic rings. The number of carbonyl (C=O) groups is 1. The third-order valence-electron chi connectivity index (χ3n) is 3.12. The first kappa shape index (κ1) is 15.9. The quantitative estimate of drug-likeness (QED) is 0.829. The van der Waals surface area contributed by atoms with Gasteiger partial charge in [-0.3, -0.25) is 4.79 Å². The second-order valence-electron chi connectivity index (χ2n) is 4.45. The van der Waals surface area contributed by atoms with Crippen LogP contribution in [0.15, 0.2) is 20.1 Å². The van der Waals surface area contributed by atoms with Gasteiger partial charge in [0.15, 0.2) is 0 Å². The Morgan fingerprint density at radius 2 is 1.95 bits per heavy atom. The number of aliphatic carboxylic acids is 1. The fourth-order valence-corrected chi connectivity index (χ4v) is 5.60. The van der Waals surface area contributed by atoms with Crippen LogP contribution in [0.4, 0.5) is 0 Å². The van der Waals surface area contributed by atoms with Crippen molar-refractivity contribution in [2.45, 2.75) is 10.6 Å². The summed E-state index contributed by atoms with van der Waals surface area (Å²) >= 11 is 4.46. The molecule has 1 aliphatic rings. The Kier molecular flexibility index (Phi) is 5.19. The molecule has 2 heterocycles. The van der Waals surface area contributed by atoms with Crippen LogP contribution in [0.3, 0.4) is 0 Å². The molecule has 1 N–H and O–H groups in total. The Balaban J connectivity index is 1.95. The molecule has 6 nitrogen and oxygen atoms in total. The third kappa shape index (κ3) is 3.79. The summed E-state index contributed by atoms with van der Waals surface area (Å²) < 4.78 is 27.3. The summed E-state index contributed by atoms with van der Waals surface area (Å²) in [5.41, 5.74) is 0. The number of hydrogen-bond donors (Lipinski definition) is 1. The number of piperazine rings is 1. The molecule has 0 atom stereocenters. The highest BCUT2D eigenvalue weighted by molar-refractivity contribution is 9.11. The number of carboxylic acids is 1. The molecule has 112 valence electrons. The Bertz CT molecular complexity index is 579. The standard InChI is InChI=1S/C11H15BrN2O4S2/c12-9-1-2-11(19-9)20(17,18)14-7-5-13(6-8-14)4-3-10(15)16/h1-2H,3-8H2,(H,15,16). The van der Waals surface area contributed by atoms with Crippen LogP contribution in [0, 0.1) is 0 Å². The van der Waals surface area contributed by atoms with E-state index in [9.17, 15) is 13.2 Å². The monoisotopic (exact) mass is 382 g/mol. The minimum Gasteiger partial charge on any atom is -0.481 e. The summed E-state index contributed by atoms with van der Waals surface area (Å²) in [5, 5.41) is 8.64. The Morgan fingerprint density at radius 1 is 1.30 bits per heavy atom. The van der Waals surface area contributed by atoms with E-state index in [1.54, 1.807) is 12.1 Å². The number of halogens is 1. The number of carboxylic acid groups (broad SMARTS) is 1. The SMILES string of the molecule is O=C(O)CCN1CCN(S(=O)(=O)c2ccc(Br)s2)CC1. The number of rotatable bonds is 5. The highest BCUT2D eigenvalue weighted by Crippen LogP contribution is 2.28. The lowest BCUT2D eigenvalue weighted by molar-refractivity contribution is -0.137. The van der Waals surface area contributed by atoms with E-state index in [1.165, 1.54) is 15.6 Å². The van der Waals surface area contributed by atoms with E-state index in [0.717, 1.165) is 3.79 Å². The van der Waals surface area contributed by atoms with E-state index in [1.807, 2.05) is 4.90 Å². The molecule has 0 aromatic carbocycles. The van der Waals surface area contributed by atoms with E-state index in [0.29, 0.717) is 36.9 Å². The van der Waals surface area contributed by atoms with Gasteiger partial charge < -0.3 is 10.0 Å². The van der Waals surface area contributed by atoms with Crippen LogP contribution in [-0.4, -0.2) is 61.4 Å². The van der Waals surface area contributed by atoms with Gasteiger partial charge in [-0.15, -0.1) is 11.3 Å². The maximum Gasteiger partial charge on any atom is 0.304 e. The van der Waals surface area contributed by atoms with Crippen molar-refractivity contribution in [3.05, 3.63) is 15.9 Å². The van der Waals surface area contributed by atoms with Crippen LogP contribution in [0.5, 0.6) is 0 Å². The molecular weight excluding hydrogens is 368 g/mol. The van der Waals surface area contributed by atoms with Gasteiger partial charge in [0.2, 0.25) is 0 Å². The van der Waals surface area contributed by atoms with Crippen molar-refractivity contribution >= 4 is 43.3 Å². The molecular formula is C11H15BrN2O4S2. The summed E-state index contributed by atoms with van der Waals surface area (Å²) in [6.07, 6.45) is 0.0879. The zero-order chi connectivity index (χ0) is 14.8. The van der Waals surface area contributed by atoms with E-state index in [4.69, 9.17) is 5.11 Å². The van der Waals surface area contributed by atoms with Crippen molar-refractivity contribution in [3.63, 3.8) is 0 Å². The average molecular weight is 383 g/mol. The smallest absolute Gasteiger partial charge is 0.304 e. The van der Waals surface area contributed by atoms with Crippen LogP contribution in [0.1, 0.15) is 6.42 Å². The number of nitrogens with zero attached hydrogens (tertiary/aromatic N) is 2. The first-order valence-corrected chi connectivity index (χ1v) is 9.14. The van der Waals surface area contributed by atoms with Crippen molar-refractivity contribution in [1.29, 1.82) is 0 Å². The largest absolute Gasteiger partial charge is 0.481 e. The van der Waals surface area contributed by atoms with Gasteiger partial charge >= 0.3 is 5.97 Å². The molecule has 0 spiro atoms. The zero-order valence-corrected chi connectivity index (χ0v) is 13.9. The molecule has 1 fully saturated rings. The molecule has 0 amide bonds. The predicted molar refractivity (Wildman–Crippen MR) is 79.5 cm³/mol. The summed E-state index contributed by atoms with van der Waals surface area (Å²) in [7, 11) is -3.42. The van der Waals surface area contributed by atoms with Crippen molar-refractivity contribution in [1.82, 2.24) is 9.21 Å². The molecule has 0 saturated carbocycles. The molecule has 1 aliphatic heterocycles. The summed E-state index contributed by atoms with van der Waals surface area (Å²) in [4.78, 5) is 12.5. The van der Waals surface area contributed by atoms with E-state index in [2.05, 4.69) is 15.9 Å². The van der Waals surface area contributed by atoms with Crippen LogP contribution in [0.2, 0.25) is 0 Å². The minimum absolute atomic E-state index is 0.0879. The van der Waals surface area contributed by atoms with Crippen LogP contribution < -0.4 is 0 Å². The van der Waals surface area contributed by atoms with Crippen molar-refractivity contribution < 1.29 is 18.3 Å². The van der Waals surface area contributed by atoms with Crippen LogP contribution >= 0.6 is 27.3 Å². The van der Waals surface area contributed by atoms with Crippen molar-refractivity contribution in [2.75, 3.05) is 32.7 Å². The lowest BCUT2D eigenvalue weighted by Crippen LogP contribution is -2.48. The van der Waals surface area contributed by atoms with Gasteiger partial charge in [0.1, 0.15) is 4.21 Å². The number of sulfonamides is 1. The average Bonchev–Trinajstić information content (AvgIpc) is 2.84. The van der Waals surface area contributed by atoms with Gasteiger partial charge in [-0.2, -0.15) is 4.31 Å². The van der Waals surface area contributed by atoms with E-state index in [-0.39, 0.29) is 6.42 Å². The van der Waals surface area contributed by atoms with Gasteiger partial charge in [0.05, 0.1) is 10.2 Å². The van der Waals surface area contributed by atoms with Gasteiger partial charge in [-0.05, 0) is 28.1 Å². The second-order valence-corrected chi connectivity index (χ2v) is 9.08. The van der Waals surface area contributed by atoms with Gasteiger partial charge in [-0.25, -0.2) is 8.42 Å². The summed E-state index contributed by atoms with van der Waals surface area (Å²) in [6.45, 7) is 2.40. The molecule has 20 heavy (non-hydrogen) atoms. The van der Waals surface area contributed by atoms with Gasteiger partial charge in [0, 0.05) is 32.7 Å². The van der Waals surface area contributed by atoms with Crippen LogP contribution in [0.25, 0.3) is 0 Å². The third-order valence-corrected chi connectivity index (χ3v) is 7.11. The molecule has 1 aromatic heterocycles. The molecule has 0 unspecified atom stereocenters. The molecule has 2 rings (SSSR count). The first-order chi connectivity index (χ1) is 9.39. The Morgan fingerprint density at radius 3 is 2.45 bits per heavy atom. The number of hydrogen-bond acceptors (Lipinski definition) is 5. The van der Waals surface area contributed by atoms with Crippen molar-refractivity contribution in [2.24, 2.45) is 0 Å². The Labute approximate surface area is 130 Å². The topological polar surface area (TPSA) is 77.9 Å². The van der Waals surface area contributed by atoms with Gasteiger partial charge in [0.25, 0.3) is 10.0 Å². The maximum absolute atomic E-state index is 12.4. The summed E-state index contributed by atoms with van der Waals surface area (Å²) in [6, 6.07) is 3.32. The number of thiophene rings is 1. The van der Waals surface area contributed by atoms with Crippen molar-refractivity contribution in [3.8, 4) is 0 Å². The highest BCUT2D eigenvalue weighted by Gasteiger charge is 2.29. The minimum atomic E-state index is -3.42. The zero-order valence-electron chi connectivity index (χ0n) is 10.7. The lowest BCUT2D eigenvalue weighted by atomic mass is 10.3. The van der Waals surface area contributed by atoms with E-state index < -0.39 is 16.0 Å². The van der Waals surface area contributed by atoms with Gasteiger partial charge in [-0.1, -0.05) is 0 Å². The van der Waals surface area contributed by atoms with E-state index >= 15 is 0 Å². The molecule has 1 saturated heterocycles. The normalized spacial score (nSPS) is 18.2. The lowest BCUT2D eigenvalue weighted by Gasteiger charge is -2.33. The highest BCUT2D eigenvalue weighted by atomic mass is 79.9. The predicted octanol–water partition coefficient (Wildman–Crippen LogP) is 1.29. The Hall–Kier alpha value is -0.480. The molecule has 9 heteroatoms. The fraction of sp³-hybridized carbons (Fsp3) is 0.545. The molecule has 0 bridgehead atoms. The second kappa shape index (κ2) is 6.52. The fourth-order valence-electron chi connectivity index (χ4n) is 2.01. The first-order valence-electron chi connectivity index (χ1n) is 6.09. The molecule has 0 radical (unpaired) electrons.